The molecule has 3 heterocycles. The first kappa shape index (κ1) is 42.9. The molecule has 0 aromatic carbocycles. The predicted molar refractivity (Wildman–Crippen MR) is 209 cm³/mol. The molecule has 2 aromatic heterocycles. The molecule has 0 radical (unpaired) electrons. The van der Waals surface area contributed by atoms with E-state index in [-0.39, 0.29) is 79.5 Å². The number of ether oxygens (including phenoxy) is 3. The van der Waals surface area contributed by atoms with Gasteiger partial charge in [0.2, 0.25) is 23.5 Å². The van der Waals surface area contributed by atoms with Gasteiger partial charge in [0.25, 0.3) is 0 Å². The molecule has 5 rings (SSSR count). The number of amides is 1. The number of hydrogen-bond acceptors (Lipinski definition) is 13. The van der Waals surface area contributed by atoms with Crippen molar-refractivity contribution in [3.8, 4) is 17.9 Å². The number of carbonyl (C=O) groups is 5. The van der Waals surface area contributed by atoms with E-state index >= 15 is 0 Å². The lowest BCUT2D eigenvalue weighted by Gasteiger charge is -2.36. The van der Waals surface area contributed by atoms with Crippen LogP contribution in [-0.4, -0.2) is 92.8 Å². The van der Waals surface area contributed by atoms with Gasteiger partial charge in [-0.15, -0.1) is 4.98 Å². The SMILES string of the molecule is CCC[C@H](CC(=O)[C@@H]1C[C@@H](Oc2ccc(Cl)cn2)CN1C(=O)[C@@H](CC(=O)[C@@H](Nc1nc(OC)nc(OC)n1)C1CCCCC1)C(C)(C)C)C(=O)C(=O)CC1CC1. The molecule has 14 nitrogen and oxygen atoms in total. The maximum Gasteiger partial charge on any atom is 0.324 e. The molecule has 15 heteroatoms. The number of pyridine rings is 1. The Morgan fingerprint density at radius 1 is 0.946 bits per heavy atom. The van der Waals surface area contributed by atoms with Gasteiger partial charge in [0.1, 0.15) is 6.10 Å². The summed E-state index contributed by atoms with van der Waals surface area (Å²) in [4.78, 5) is 88.5. The van der Waals surface area contributed by atoms with Crippen molar-refractivity contribution in [3.05, 3.63) is 23.4 Å². The number of hydrogen-bond donors (Lipinski definition) is 1. The molecule has 2 saturated carbocycles. The number of nitrogens with one attached hydrogen (secondary N) is 1. The summed E-state index contributed by atoms with van der Waals surface area (Å²) in [5.41, 5.74) is -0.691. The second-order valence-corrected chi connectivity index (χ2v) is 17.1. The first-order valence-corrected chi connectivity index (χ1v) is 20.4. The van der Waals surface area contributed by atoms with Crippen molar-refractivity contribution in [1.29, 1.82) is 0 Å². The van der Waals surface area contributed by atoms with Crippen LogP contribution in [0.5, 0.6) is 17.9 Å². The van der Waals surface area contributed by atoms with Gasteiger partial charge in [0.15, 0.2) is 17.3 Å². The van der Waals surface area contributed by atoms with Gasteiger partial charge in [0.05, 0.1) is 37.9 Å². The van der Waals surface area contributed by atoms with Gasteiger partial charge in [-0.1, -0.05) is 65.0 Å². The van der Waals surface area contributed by atoms with Gasteiger partial charge >= 0.3 is 12.0 Å². The van der Waals surface area contributed by atoms with Crippen molar-refractivity contribution in [2.75, 3.05) is 26.1 Å². The quantitative estimate of drug-likeness (QED) is 0.148. The molecule has 3 fully saturated rings. The molecular weight excluding hydrogens is 740 g/mol. The van der Waals surface area contributed by atoms with E-state index in [1.165, 1.54) is 25.3 Å². The van der Waals surface area contributed by atoms with E-state index in [1.54, 1.807) is 12.1 Å². The fraction of sp³-hybridized carbons (Fsp3) is 0.683. The van der Waals surface area contributed by atoms with Gasteiger partial charge < -0.3 is 24.4 Å². The van der Waals surface area contributed by atoms with Crippen molar-refractivity contribution < 1.29 is 38.2 Å². The first-order chi connectivity index (χ1) is 26.7. The summed E-state index contributed by atoms with van der Waals surface area (Å²) in [5.74, 6) is -2.70. The van der Waals surface area contributed by atoms with Crippen molar-refractivity contribution in [1.82, 2.24) is 24.8 Å². The highest BCUT2D eigenvalue weighted by atomic mass is 35.5. The number of Topliss-reactive ketones (excluding diaryl/α,β-unsaturated/α-hetero) is 4. The van der Waals surface area contributed by atoms with E-state index in [9.17, 15) is 24.0 Å². The lowest BCUT2D eigenvalue weighted by molar-refractivity contribution is -0.147. The molecule has 1 N–H and O–H groups in total. The van der Waals surface area contributed by atoms with Gasteiger partial charge in [-0.2, -0.15) is 9.97 Å². The van der Waals surface area contributed by atoms with Crippen LogP contribution in [0.4, 0.5) is 5.95 Å². The average Bonchev–Trinajstić information content (AvgIpc) is 3.90. The lowest BCUT2D eigenvalue weighted by atomic mass is 9.74. The molecule has 0 unspecified atom stereocenters. The highest BCUT2D eigenvalue weighted by Crippen LogP contribution is 2.38. The molecule has 0 bridgehead atoms. The first-order valence-electron chi connectivity index (χ1n) is 20.0. The Bertz CT molecular complexity index is 1690. The van der Waals surface area contributed by atoms with Crippen LogP contribution in [-0.2, 0) is 24.0 Å². The van der Waals surface area contributed by atoms with E-state index in [1.807, 2.05) is 27.7 Å². The molecule has 0 spiro atoms. The minimum absolute atomic E-state index is 0.0258. The maximum atomic E-state index is 14.9. The second-order valence-electron chi connectivity index (χ2n) is 16.6. The van der Waals surface area contributed by atoms with E-state index in [0.717, 1.165) is 44.9 Å². The number of carbonyl (C=O) groups excluding carboxylic acids is 5. The molecule has 306 valence electrons. The van der Waals surface area contributed by atoms with Crippen LogP contribution in [0.15, 0.2) is 18.3 Å². The number of likely N-dealkylation sites (tertiary alicyclic amines) is 1. The molecule has 2 aliphatic carbocycles. The van der Waals surface area contributed by atoms with Crippen LogP contribution >= 0.6 is 11.6 Å². The fourth-order valence-corrected chi connectivity index (χ4v) is 8.06. The zero-order valence-corrected chi connectivity index (χ0v) is 34.3. The Morgan fingerprint density at radius 2 is 1.62 bits per heavy atom. The summed E-state index contributed by atoms with van der Waals surface area (Å²) in [7, 11) is 2.85. The summed E-state index contributed by atoms with van der Waals surface area (Å²) in [6, 6.07) is 1.69. The molecule has 1 aliphatic heterocycles. The Kier molecular flexibility index (Phi) is 14.8. The number of halogens is 1. The van der Waals surface area contributed by atoms with Crippen molar-refractivity contribution in [2.24, 2.45) is 29.1 Å². The maximum absolute atomic E-state index is 14.9. The molecule has 2 aromatic rings. The normalized spacial score (nSPS) is 20.4. The second kappa shape index (κ2) is 19.3. The molecule has 5 atom stereocenters. The van der Waals surface area contributed by atoms with E-state index in [4.69, 9.17) is 25.8 Å². The minimum atomic E-state index is -0.928. The van der Waals surface area contributed by atoms with Gasteiger partial charge in [-0.05, 0) is 55.4 Å². The Balaban J connectivity index is 1.41. The van der Waals surface area contributed by atoms with Crippen LogP contribution in [0.2, 0.25) is 5.02 Å². The van der Waals surface area contributed by atoms with Crippen LogP contribution in [0.25, 0.3) is 0 Å². The summed E-state index contributed by atoms with van der Waals surface area (Å²) in [5, 5.41) is 3.68. The summed E-state index contributed by atoms with van der Waals surface area (Å²) in [6.45, 7) is 7.72. The summed E-state index contributed by atoms with van der Waals surface area (Å²) < 4.78 is 16.7. The van der Waals surface area contributed by atoms with Crippen molar-refractivity contribution in [3.63, 3.8) is 0 Å². The topological polar surface area (TPSA) is 180 Å². The standard InChI is InChI=1S/C41H57ClN6O8/c1-7-11-26(36(52)33(51)18-24-14-15-24)19-31(49)30-20-28(56-34-17-16-27(42)22-43-34)23-48(30)37(53)29(41(2,3)4)21-32(50)35(25-12-9-8-10-13-25)44-38-45-39(54-5)47-40(46-38)55-6/h16-17,22,24-26,28-30,35H,7-15,18-21,23H2,1-6H3,(H,44,45,46,47)/t26-,28-,29-,30+,35+/m1/s1. The zero-order valence-electron chi connectivity index (χ0n) is 33.6. The van der Waals surface area contributed by atoms with E-state index in [2.05, 4.69) is 25.3 Å². The number of ketones is 4. The van der Waals surface area contributed by atoms with Gasteiger partial charge in [-0.3, -0.25) is 24.0 Å². The zero-order chi connectivity index (χ0) is 40.6. The van der Waals surface area contributed by atoms with E-state index in [0.29, 0.717) is 23.7 Å². The number of methoxy groups -OCH3 is 2. The Labute approximate surface area is 334 Å². The van der Waals surface area contributed by atoms with Gasteiger partial charge in [-0.25, -0.2) is 4.98 Å². The Morgan fingerprint density at radius 3 is 2.20 bits per heavy atom. The number of anilines is 1. The Hall–Kier alpha value is -4.20. The summed E-state index contributed by atoms with van der Waals surface area (Å²) in [6.07, 6.45) is 8.52. The monoisotopic (exact) mass is 796 g/mol. The average molecular weight is 797 g/mol. The molecule has 56 heavy (non-hydrogen) atoms. The third-order valence-electron chi connectivity index (χ3n) is 11.3. The third kappa shape index (κ3) is 11.4. The van der Waals surface area contributed by atoms with Crippen molar-refractivity contribution >= 4 is 46.6 Å². The van der Waals surface area contributed by atoms with Crippen molar-refractivity contribution in [2.45, 2.75) is 129 Å². The highest BCUT2D eigenvalue weighted by Gasteiger charge is 2.47. The summed E-state index contributed by atoms with van der Waals surface area (Å²) >= 11 is 6.05. The molecule has 1 amide bonds. The number of aromatic nitrogens is 4. The van der Waals surface area contributed by atoms with Crippen LogP contribution in [0.3, 0.4) is 0 Å². The molecule has 1 saturated heterocycles. The highest BCUT2D eigenvalue weighted by molar-refractivity contribution is 6.38. The fourth-order valence-electron chi connectivity index (χ4n) is 7.95. The van der Waals surface area contributed by atoms with Crippen LogP contribution in [0, 0.1) is 29.1 Å². The number of nitrogens with zero attached hydrogens (tertiary/aromatic N) is 5. The van der Waals surface area contributed by atoms with E-state index < -0.39 is 47.0 Å². The largest absolute Gasteiger partial charge is 0.472 e. The predicted octanol–water partition coefficient (Wildman–Crippen LogP) is 6.28. The lowest BCUT2D eigenvalue weighted by Crippen LogP contribution is -2.49. The molecular formula is C41H57ClN6O8. The smallest absolute Gasteiger partial charge is 0.324 e. The van der Waals surface area contributed by atoms with Crippen LogP contribution < -0.4 is 19.5 Å². The molecule has 3 aliphatic rings. The minimum Gasteiger partial charge on any atom is -0.472 e. The third-order valence-corrected chi connectivity index (χ3v) is 11.5. The van der Waals surface area contributed by atoms with Crippen LogP contribution in [0.1, 0.15) is 111 Å². The van der Waals surface area contributed by atoms with Gasteiger partial charge in [0, 0.05) is 49.8 Å². The number of rotatable bonds is 20.